The lowest BCUT2D eigenvalue weighted by molar-refractivity contribution is 0.445. The summed E-state index contributed by atoms with van der Waals surface area (Å²) in [6.45, 7) is 6.15. The Bertz CT molecular complexity index is 596. The zero-order valence-electron chi connectivity index (χ0n) is 10.9. The van der Waals surface area contributed by atoms with Gasteiger partial charge >= 0.3 is 0 Å². The normalized spacial score (nSPS) is 11.4. The maximum absolute atomic E-state index is 6.06. The molecule has 1 aromatic heterocycles. The number of ether oxygens (including phenoxy) is 1. The molecule has 3 nitrogen and oxygen atoms in total. The van der Waals surface area contributed by atoms with Crippen molar-refractivity contribution in [3.05, 3.63) is 45.8 Å². The Morgan fingerprint density at radius 2 is 1.84 bits per heavy atom. The van der Waals surface area contributed by atoms with Crippen molar-refractivity contribution in [1.82, 2.24) is 9.97 Å². The van der Waals surface area contributed by atoms with Gasteiger partial charge in [0.05, 0.1) is 5.02 Å². The summed E-state index contributed by atoms with van der Waals surface area (Å²) in [6, 6.07) is 9.01. The first kappa shape index (κ1) is 14.3. The predicted octanol–water partition coefficient (Wildman–Crippen LogP) is 4.98. The summed E-state index contributed by atoms with van der Waals surface area (Å²) in [5.41, 5.74) is -0.150. The molecule has 0 amide bonds. The third-order valence-corrected chi connectivity index (χ3v) is 3.11. The molecule has 0 atom stereocenters. The largest absolute Gasteiger partial charge is 0.437 e. The van der Waals surface area contributed by atoms with Crippen LogP contribution in [0.15, 0.2) is 34.9 Å². The van der Waals surface area contributed by atoms with Crippen LogP contribution in [0.3, 0.4) is 0 Å². The molecule has 0 saturated heterocycles. The molecule has 0 unspecified atom stereocenters. The van der Waals surface area contributed by atoms with E-state index in [4.69, 9.17) is 16.3 Å². The summed E-state index contributed by atoms with van der Waals surface area (Å²) < 4.78 is 6.40. The summed E-state index contributed by atoms with van der Waals surface area (Å²) >= 11 is 9.44. The van der Waals surface area contributed by atoms with Gasteiger partial charge in [-0.2, -0.15) is 4.98 Å². The van der Waals surface area contributed by atoms with Crippen LogP contribution in [0.5, 0.6) is 11.6 Å². The van der Waals surface area contributed by atoms with Gasteiger partial charge in [-0.1, -0.05) is 44.5 Å². The summed E-state index contributed by atoms with van der Waals surface area (Å²) in [6.07, 6.45) is 0. The number of hydrogen-bond donors (Lipinski definition) is 0. The van der Waals surface area contributed by atoms with Crippen LogP contribution in [0.2, 0.25) is 5.02 Å². The van der Waals surface area contributed by atoms with Crippen LogP contribution in [0.1, 0.15) is 26.6 Å². The minimum absolute atomic E-state index is 0.150. The van der Waals surface area contributed by atoms with Crippen molar-refractivity contribution < 1.29 is 4.74 Å². The molecule has 19 heavy (non-hydrogen) atoms. The molecule has 0 bridgehead atoms. The molecule has 0 aliphatic carbocycles. The highest BCUT2D eigenvalue weighted by Gasteiger charge is 2.19. The van der Waals surface area contributed by atoms with E-state index in [2.05, 4.69) is 25.9 Å². The van der Waals surface area contributed by atoms with Gasteiger partial charge < -0.3 is 4.74 Å². The van der Waals surface area contributed by atoms with E-state index < -0.39 is 0 Å². The molecule has 5 heteroatoms. The molecule has 1 heterocycles. The van der Waals surface area contributed by atoms with E-state index >= 15 is 0 Å². The maximum atomic E-state index is 6.06. The molecule has 0 fully saturated rings. The topological polar surface area (TPSA) is 35.0 Å². The van der Waals surface area contributed by atoms with Crippen LogP contribution >= 0.6 is 27.5 Å². The second-order valence-electron chi connectivity index (χ2n) is 5.13. The molecule has 0 radical (unpaired) electrons. The van der Waals surface area contributed by atoms with Crippen molar-refractivity contribution >= 4 is 27.5 Å². The minimum Gasteiger partial charge on any atom is -0.437 e. The first-order valence-electron chi connectivity index (χ1n) is 5.84. The quantitative estimate of drug-likeness (QED) is 0.722. The van der Waals surface area contributed by atoms with Gasteiger partial charge in [-0.25, -0.2) is 4.98 Å². The monoisotopic (exact) mass is 340 g/mol. The van der Waals surface area contributed by atoms with E-state index in [-0.39, 0.29) is 5.41 Å². The lowest BCUT2D eigenvalue weighted by Gasteiger charge is -2.17. The number of benzene rings is 1. The molecule has 0 aliphatic rings. The Hall–Kier alpha value is -1.13. The zero-order chi connectivity index (χ0) is 14.0. The lowest BCUT2D eigenvalue weighted by atomic mass is 9.96. The van der Waals surface area contributed by atoms with Crippen LogP contribution in [0.25, 0.3) is 0 Å². The molecular formula is C14H14BrClN2O. The standard InChI is InChI=1S/C14H14BrClN2O/c1-14(2,3)13-17-11(15)8-12(18-13)19-10-7-5-4-6-9(10)16/h4-8H,1-3H3. The van der Waals surface area contributed by atoms with Crippen molar-refractivity contribution in [2.24, 2.45) is 0 Å². The van der Waals surface area contributed by atoms with Gasteiger partial charge in [0, 0.05) is 11.5 Å². The lowest BCUT2D eigenvalue weighted by Crippen LogP contribution is -2.16. The number of halogens is 2. The van der Waals surface area contributed by atoms with Crippen LogP contribution in [-0.2, 0) is 5.41 Å². The van der Waals surface area contributed by atoms with E-state index in [1.165, 1.54) is 0 Å². The molecule has 2 aromatic rings. The SMILES string of the molecule is CC(C)(C)c1nc(Br)cc(Oc2ccccc2Cl)n1. The van der Waals surface area contributed by atoms with E-state index in [9.17, 15) is 0 Å². The number of hydrogen-bond acceptors (Lipinski definition) is 3. The van der Waals surface area contributed by atoms with Gasteiger partial charge in [-0.3, -0.25) is 0 Å². The molecule has 0 N–H and O–H groups in total. The fourth-order valence-corrected chi connectivity index (χ4v) is 1.96. The molecule has 0 aliphatic heterocycles. The minimum atomic E-state index is -0.150. The van der Waals surface area contributed by atoms with Gasteiger partial charge in [0.25, 0.3) is 0 Å². The second-order valence-corrected chi connectivity index (χ2v) is 6.35. The second kappa shape index (κ2) is 5.47. The average molecular weight is 342 g/mol. The van der Waals surface area contributed by atoms with Crippen LogP contribution in [-0.4, -0.2) is 9.97 Å². The van der Waals surface area contributed by atoms with Gasteiger partial charge in [0.1, 0.15) is 16.2 Å². The van der Waals surface area contributed by atoms with Gasteiger partial charge in [-0.05, 0) is 28.1 Å². The first-order chi connectivity index (χ1) is 8.86. The van der Waals surface area contributed by atoms with Crippen molar-refractivity contribution in [3.63, 3.8) is 0 Å². The number of rotatable bonds is 2. The van der Waals surface area contributed by atoms with Crippen molar-refractivity contribution in [2.75, 3.05) is 0 Å². The predicted molar refractivity (Wildman–Crippen MR) is 80.0 cm³/mol. The molecule has 100 valence electrons. The van der Waals surface area contributed by atoms with Gasteiger partial charge in [0.2, 0.25) is 5.88 Å². The van der Waals surface area contributed by atoms with Crippen molar-refractivity contribution in [1.29, 1.82) is 0 Å². The Morgan fingerprint density at radius 1 is 1.16 bits per heavy atom. The summed E-state index contributed by atoms with van der Waals surface area (Å²) in [4.78, 5) is 8.78. The van der Waals surface area contributed by atoms with E-state index in [1.807, 2.05) is 32.9 Å². The number of aromatic nitrogens is 2. The van der Waals surface area contributed by atoms with Gasteiger partial charge in [-0.15, -0.1) is 0 Å². The summed E-state index contributed by atoms with van der Waals surface area (Å²) in [5, 5.41) is 0.551. The van der Waals surface area contributed by atoms with Crippen LogP contribution in [0, 0.1) is 0 Å². The first-order valence-corrected chi connectivity index (χ1v) is 7.01. The Morgan fingerprint density at radius 3 is 2.47 bits per heavy atom. The van der Waals surface area contributed by atoms with Gasteiger partial charge in [0.15, 0.2) is 0 Å². The maximum Gasteiger partial charge on any atom is 0.223 e. The fourth-order valence-electron chi connectivity index (χ4n) is 1.42. The van der Waals surface area contributed by atoms with E-state index in [0.29, 0.717) is 27.1 Å². The fraction of sp³-hybridized carbons (Fsp3) is 0.286. The van der Waals surface area contributed by atoms with Crippen molar-refractivity contribution in [2.45, 2.75) is 26.2 Å². The number of nitrogens with zero attached hydrogens (tertiary/aromatic N) is 2. The molecule has 1 aromatic carbocycles. The highest BCUT2D eigenvalue weighted by Crippen LogP contribution is 2.30. The molecule has 0 saturated carbocycles. The highest BCUT2D eigenvalue weighted by atomic mass is 79.9. The molecular weight excluding hydrogens is 328 g/mol. The highest BCUT2D eigenvalue weighted by molar-refractivity contribution is 9.10. The van der Waals surface area contributed by atoms with Crippen LogP contribution < -0.4 is 4.74 Å². The summed E-state index contributed by atoms with van der Waals surface area (Å²) in [5.74, 6) is 1.76. The average Bonchev–Trinajstić information content (AvgIpc) is 2.30. The smallest absolute Gasteiger partial charge is 0.223 e. The number of para-hydroxylation sites is 1. The Kier molecular flexibility index (Phi) is 4.11. The van der Waals surface area contributed by atoms with E-state index in [1.54, 1.807) is 18.2 Å². The summed E-state index contributed by atoms with van der Waals surface area (Å²) in [7, 11) is 0. The third-order valence-electron chi connectivity index (χ3n) is 2.39. The Balaban J connectivity index is 2.36. The molecule has 0 spiro atoms. The van der Waals surface area contributed by atoms with Crippen LogP contribution in [0.4, 0.5) is 0 Å². The molecule has 2 rings (SSSR count). The zero-order valence-corrected chi connectivity index (χ0v) is 13.3. The Labute approximate surface area is 126 Å². The van der Waals surface area contributed by atoms with E-state index in [0.717, 1.165) is 0 Å². The third kappa shape index (κ3) is 3.67. The van der Waals surface area contributed by atoms with Crippen molar-refractivity contribution in [3.8, 4) is 11.6 Å².